The van der Waals surface area contributed by atoms with Gasteiger partial charge in [-0.05, 0) is 12.8 Å². The molecule has 1 heterocycles. The predicted octanol–water partition coefficient (Wildman–Crippen LogP) is 3.57. The fourth-order valence-corrected chi connectivity index (χ4v) is 2.77. The Bertz CT molecular complexity index is 621. The lowest BCUT2D eigenvalue weighted by Crippen LogP contribution is -2.41. The third-order valence-electron chi connectivity index (χ3n) is 3.97. The first-order valence-corrected chi connectivity index (χ1v) is 7.83. The van der Waals surface area contributed by atoms with Crippen LogP contribution < -0.4 is 10.6 Å². The number of hydrogen-bond donors (Lipinski definition) is 2. The number of nitrogens with zero attached hydrogens (tertiary/aromatic N) is 2. The van der Waals surface area contributed by atoms with Gasteiger partial charge in [0.15, 0.2) is 11.7 Å². The van der Waals surface area contributed by atoms with Gasteiger partial charge in [-0.1, -0.05) is 48.3 Å². The molecule has 0 aliphatic heterocycles. The summed E-state index contributed by atoms with van der Waals surface area (Å²) in [6.07, 6.45) is 5.06. The van der Waals surface area contributed by atoms with Gasteiger partial charge in [0.25, 0.3) is 0 Å². The lowest BCUT2D eigenvalue weighted by Gasteiger charge is -2.16. The maximum atomic E-state index is 5.40. The van der Waals surface area contributed by atoms with Crippen molar-refractivity contribution in [2.45, 2.75) is 38.3 Å². The highest BCUT2D eigenvalue weighted by atomic mass is 127. The van der Waals surface area contributed by atoms with Crippen LogP contribution in [0.15, 0.2) is 45.9 Å². The second-order valence-electron chi connectivity index (χ2n) is 5.60. The monoisotopic (exact) mass is 426 g/mol. The minimum absolute atomic E-state index is 0. The molecule has 124 valence electrons. The van der Waals surface area contributed by atoms with Gasteiger partial charge in [-0.3, -0.25) is 4.99 Å². The maximum absolute atomic E-state index is 5.40. The Labute approximate surface area is 154 Å². The number of nitrogens with one attached hydrogen (secondary N) is 2. The van der Waals surface area contributed by atoms with Gasteiger partial charge in [0.05, 0.1) is 6.54 Å². The van der Waals surface area contributed by atoms with E-state index in [1.165, 1.54) is 25.7 Å². The molecule has 5 nitrogen and oxygen atoms in total. The van der Waals surface area contributed by atoms with Gasteiger partial charge >= 0.3 is 0 Å². The molecule has 2 aromatic rings. The zero-order chi connectivity index (χ0) is 15.2. The van der Waals surface area contributed by atoms with Crippen LogP contribution in [0.4, 0.5) is 0 Å². The van der Waals surface area contributed by atoms with Gasteiger partial charge in [0.2, 0.25) is 0 Å². The van der Waals surface area contributed by atoms with Crippen LogP contribution >= 0.6 is 24.0 Å². The number of guanidine groups is 1. The molecule has 0 atom stereocenters. The Morgan fingerprint density at radius 2 is 2.00 bits per heavy atom. The van der Waals surface area contributed by atoms with E-state index >= 15 is 0 Å². The Balaban J connectivity index is 0.00000192. The fraction of sp³-hybridized carbons (Fsp3) is 0.412. The molecule has 0 radical (unpaired) electrons. The lowest BCUT2D eigenvalue weighted by atomic mass is 10.2. The Morgan fingerprint density at radius 1 is 1.26 bits per heavy atom. The maximum Gasteiger partial charge on any atom is 0.191 e. The summed E-state index contributed by atoms with van der Waals surface area (Å²) in [4.78, 5) is 4.27. The summed E-state index contributed by atoms with van der Waals surface area (Å²) in [7, 11) is 1.79. The molecule has 0 unspecified atom stereocenters. The van der Waals surface area contributed by atoms with Crippen molar-refractivity contribution in [2.24, 2.45) is 4.99 Å². The van der Waals surface area contributed by atoms with E-state index in [-0.39, 0.29) is 24.0 Å². The van der Waals surface area contributed by atoms with Gasteiger partial charge in [0, 0.05) is 24.7 Å². The molecule has 1 saturated carbocycles. The van der Waals surface area contributed by atoms with Gasteiger partial charge in [-0.15, -0.1) is 24.0 Å². The van der Waals surface area contributed by atoms with Crippen molar-refractivity contribution in [3.05, 3.63) is 42.1 Å². The Morgan fingerprint density at radius 3 is 2.70 bits per heavy atom. The van der Waals surface area contributed by atoms with E-state index in [1.807, 2.05) is 36.4 Å². The minimum Gasteiger partial charge on any atom is -0.356 e. The molecule has 1 aliphatic rings. The van der Waals surface area contributed by atoms with Crippen molar-refractivity contribution in [2.75, 3.05) is 7.05 Å². The van der Waals surface area contributed by atoms with Crippen LogP contribution in [0, 0.1) is 0 Å². The summed E-state index contributed by atoms with van der Waals surface area (Å²) < 4.78 is 5.40. The van der Waals surface area contributed by atoms with E-state index in [2.05, 4.69) is 20.8 Å². The fourth-order valence-electron chi connectivity index (χ4n) is 2.77. The van der Waals surface area contributed by atoms with Crippen LogP contribution in [-0.2, 0) is 6.54 Å². The highest BCUT2D eigenvalue weighted by Crippen LogP contribution is 2.20. The number of benzene rings is 1. The van der Waals surface area contributed by atoms with Crippen molar-refractivity contribution in [3.63, 3.8) is 0 Å². The van der Waals surface area contributed by atoms with E-state index < -0.39 is 0 Å². The van der Waals surface area contributed by atoms with E-state index in [4.69, 9.17) is 4.52 Å². The standard InChI is InChI=1S/C17H22N4O.HI/c1-18-17(20-14-9-5-6-10-14)19-12-15-11-16(22-21-15)13-7-3-2-4-8-13;/h2-4,7-8,11,14H,5-6,9-10,12H2,1H3,(H2,18,19,20);1H. The smallest absolute Gasteiger partial charge is 0.191 e. The number of aromatic nitrogens is 1. The summed E-state index contributed by atoms with van der Waals surface area (Å²) in [5, 5.41) is 10.9. The van der Waals surface area contributed by atoms with Crippen molar-refractivity contribution in [1.29, 1.82) is 0 Å². The molecule has 23 heavy (non-hydrogen) atoms. The van der Waals surface area contributed by atoms with Crippen LogP contribution in [-0.4, -0.2) is 24.2 Å². The Kier molecular flexibility index (Phi) is 6.88. The van der Waals surface area contributed by atoms with Crippen LogP contribution in [0.5, 0.6) is 0 Å². The Hall–Kier alpha value is -1.57. The highest BCUT2D eigenvalue weighted by Gasteiger charge is 2.16. The van der Waals surface area contributed by atoms with Crippen molar-refractivity contribution in [1.82, 2.24) is 15.8 Å². The van der Waals surface area contributed by atoms with Crippen molar-refractivity contribution < 1.29 is 4.52 Å². The zero-order valence-corrected chi connectivity index (χ0v) is 15.6. The molecule has 1 aliphatic carbocycles. The molecule has 0 saturated heterocycles. The van der Waals surface area contributed by atoms with E-state index in [0.717, 1.165) is 23.0 Å². The molecule has 1 aromatic carbocycles. The quantitative estimate of drug-likeness (QED) is 0.446. The largest absolute Gasteiger partial charge is 0.356 e. The van der Waals surface area contributed by atoms with Gasteiger partial charge in [0.1, 0.15) is 5.69 Å². The van der Waals surface area contributed by atoms with E-state index in [0.29, 0.717) is 12.6 Å². The molecule has 0 bridgehead atoms. The molecule has 2 N–H and O–H groups in total. The normalized spacial score (nSPS) is 15.3. The average molecular weight is 426 g/mol. The van der Waals surface area contributed by atoms with Crippen LogP contribution in [0.1, 0.15) is 31.4 Å². The van der Waals surface area contributed by atoms with E-state index in [1.54, 1.807) is 7.05 Å². The zero-order valence-electron chi connectivity index (χ0n) is 13.3. The summed E-state index contributed by atoms with van der Waals surface area (Å²) in [6, 6.07) is 12.5. The molecular formula is C17H23IN4O. The molecular weight excluding hydrogens is 403 g/mol. The van der Waals surface area contributed by atoms with Gasteiger partial charge < -0.3 is 15.2 Å². The molecule has 6 heteroatoms. The number of rotatable bonds is 4. The second kappa shape index (κ2) is 8.90. The van der Waals surface area contributed by atoms with Crippen LogP contribution in [0.3, 0.4) is 0 Å². The lowest BCUT2D eigenvalue weighted by molar-refractivity contribution is 0.422. The molecule has 3 rings (SSSR count). The number of hydrogen-bond acceptors (Lipinski definition) is 3. The molecule has 1 fully saturated rings. The van der Waals surface area contributed by atoms with E-state index in [9.17, 15) is 0 Å². The van der Waals surface area contributed by atoms with Crippen LogP contribution in [0.2, 0.25) is 0 Å². The molecule has 0 spiro atoms. The van der Waals surface area contributed by atoms with Crippen LogP contribution in [0.25, 0.3) is 11.3 Å². The summed E-state index contributed by atoms with van der Waals surface area (Å²) in [6.45, 7) is 0.600. The average Bonchev–Trinajstić information content (AvgIpc) is 3.24. The van der Waals surface area contributed by atoms with Crippen molar-refractivity contribution in [3.8, 4) is 11.3 Å². The summed E-state index contributed by atoms with van der Waals surface area (Å²) in [5.41, 5.74) is 1.91. The summed E-state index contributed by atoms with van der Waals surface area (Å²) in [5.74, 6) is 1.62. The van der Waals surface area contributed by atoms with Crippen molar-refractivity contribution >= 4 is 29.9 Å². The topological polar surface area (TPSA) is 62.5 Å². The number of aliphatic imine (C=N–C) groups is 1. The third kappa shape index (κ3) is 4.95. The first-order valence-electron chi connectivity index (χ1n) is 7.83. The number of halogens is 1. The SMILES string of the molecule is CN=C(NCc1cc(-c2ccccc2)on1)NC1CCCC1.I. The minimum atomic E-state index is 0. The first kappa shape index (κ1) is 17.8. The summed E-state index contributed by atoms with van der Waals surface area (Å²) >= 11 is 0. The second-order valence-corrected chi connectivity index (χ2v) is 5.60. The molecule has 1 aromatic heterocycles. The highest BCUT2D eigenvalue weighted by molar-refractivity contribution is 14.0. The van der Waals surface area contributed by atoms with Gasteiger partial charge in [-0.25, -0.2) is 0 Å². The van der Waals surface area contributed by atoms with Gasteiger partial charge in [-0.2, -0.15) is 0 Å². The third-order valence-corrected chi connectivity index (χ3v) is 3.97. The first-order chi connectivity index (χ1) is 10.8. The molecule has 0 amide bonds. The predicted molar refractivity (Wildman–Crippen MR) is 103 cm³/mol.